The van der Waals surface area contributed by atoms with E-state index in [1.54, 1.807) is 0 Å². The molecule has 1 aromatic rings. The van der Waals surface area contributed by atoms with E-state index in [0.717, 1.165) is 25.2 Å². The molecule has 3 aliphatic rings. The van der Waals surface area contributed by atoms with Crippen LogP contribution in [0.4, 0.5) is 0 Å². The Labute approximate surface area is 136 Å². The Morgan fingerprint density at radius 1 is 1.09 bits per heavy atom. The van der Waals surface area contributed by atoms with E-state index < -0.39 is 12.2 Å². The SMILES string of the molecule is O=C(NC[C@H]1C[C@@H]2C[C@H]1[C@@H](O)[C@H]2O)c1ccc(CC2CC2)cc1. The monoisotopic (exact) mass is 315 g/mol. The first-order valence-corrected chi connectivity index (χ1v) is 8.85. The van der Waals surface area contributed by atoms with Crippen molar-refractivity contribution < 1.29 is 15.0 Å². The summed E-state index contributed by atoms with van der Waals surface area (Å²) in [6.07, 6.45) is 4.43. The van der Waals surface area contributed by atoms with E-state index in [9.17, 15) is 15.0 Å². The molecule has 1 aromatic carbocycles. The molecule has 1 amide bonds. The second kappa shape index (κ2) is 5.91. The molecule has 3 aliphatic carbocycles. The molecule has 0 spiro atoms. The first kappa shape index (κ1) is 15.2. The molecular weight excluding hydrogens is 290 g/mol. The van der Waals surface area contributed by atoms with Crippen molar-refractivity contribution in [1.82, 2.24) is 5.32 Å². The third kappa shape index (κ3) is 3.02. The van der Waals surface area contributed by atoms with Gasteiger partial charge in [0.15, 0.2) is 0 Å². The minimum Gasteiger partial charge on any atom is -0.390 e. The fourth-order valence-electron chi connectivity index (χ4n) is 4.44. The highest BCUT2D eigenvalue weighted by atomic mass is 16.3. The van der Waals surface area contributed by atoms with Gasteiger partial charge in [0.05, 0.1) is 12.2 Å². The molecule has 0 heterocycles. The molecule has 4 nitrogen and oxygen atoms in total. The highest BCUT2D eigenvalue weighted by Gasteiger charge is 2.51. The van der Waals surface area contributed by atoms with Crippen LogP contribution in [0.25, 0.3) is 0 Å². The Balaban J connectivity index is 1.30. The third-order valence-electron chi connectivity index (χ3n) is 6.02. The number of aliphatic hydroxyl groups is 2. The zero-order valence-electron chi connectivity index (χ0n) is 13.3. The number of hydrogen-bond acceptors (Lipinski definition) is 3. The van der Waals surface area contributed by atoms with Crippen LogP contribution in [0, 0.1) is 23.7 Å². The summed E-state index contributed by atoms with van der Waals surface area (Å²) in [7, 11) is 0. The van der Waals surface area contributed by atoms with Gasteiger partial charge in [-0.1, -0.05) is 12.1 Å². The maximum absolute atomic E-state index is 12.3. The van der Waals surface area contributed by atoms with Crippen molar-refractivity contribution in [3.05, 3.63) is 35.4 Å². The molecule has 3 N–H and O–H groups in total. The molecule has 124 valence electrons. The molecule has 0 aromatic heterocycles. The van der Waals surface area contributed by atoms with Gasteiger partial charge in [0.25, 0.3) is 5.91 Å². The van der Waals surface area contributed by atoms with E-state index in [-0.39, 0.29) is 23.7 Å². The predicted molar refractivity (Wildman–Crippen MR) is 86.9 cm³/mol. The lowest BCUT2D eigenvalue weighted by molar-refractivity contribution is -0.0332. The van der Waals surface area contributed by atoms with Crippen LogP contribution in [0.1, 0.15) is 41.6 Å². The average Bonchev–Trinajstić information content (AvgIpc) is 3.20. The van der Waals surface area contributed by atoms with Gasteiger partial charge in [-0.3, -0.25) is 4.79 Å². The summed E-state index contributed by atoms with van der Waals surface area (Å²) in [4.78, 5) is 12.3. The molecule has 0 saturated heterocycles. The number of amides is 1. The van der Waals surface area contributed by atoms with Crippen molar-refractivity contribution >= 4 is 5.91 Å². The lowest BCUT2D eigenvalue weighted by Gasteiger charge is -2.29. The minimum atomic E-state index is -0.614. The van der Waals surface area contributed by atoms with E-state index in [2.05, 4.69) is 17.4 Å². The standard InChI is InChI=1S/C19H25NO3/c21-17-14-8-15(16(9-14)18(17)22)10-20-19(23)13-5-3-12(4-6-13)7-11-1-2-11/h3-6,11,14-18,21-22H,1-2,7-10H2,(H,20,23)/t14-,15-,16-,17+,18-/m1/s1. The van der Waals surface area contributed by atoms with Gasteiger partial charge in [0.2, 0.25) is 0 Å². The minimum absolute atomic E-state index is 0.0409. The van der Waals surface area contributed by atoms with Gasteiger partial charge in [-0.15, -0.1) is 0 Å². The molecule has 0 unspecified atom stereocenters. The molecule has 4 rings (SSSR count). The molecule has 5 atom stereocenters. The Hall–Kier alpha value is -1.39. The van der Waals surface area contributed by atoms with Gasteiger partial charge in [0.1, 0.15) is 0 Å². The molecule has 4 heteroatoms. The van der Waals surface area contributed by atoms with Crippen molar-refractivity contribution in [1.29, 1.82) is 0 Å². The van der Waals surface area contributed by atoms with E-state index in [4.69, 9.17) is 0 Å². The van der Waals surface area contributed by atoms with E-state index in [1.165, 1.54) is 18.4 Å². The summed E-state index contributed by atoms with van der Waals surface area (Å²) in [5.74, 6) is 1.45. The zero-order chi connectivity index (χ0) is 16.0. The van der Waals surface area contributed by atoms with Crippen LogP contribution < -0.4 is 5.32 Å². The fraction of sp³-hybridized carbons (Fsp3) is 0.632. The van der Waals surface area contributed by atoms with E-state index >= 15 is 0 Å². The number of carbonyl (C=O) groups excluding carboxylic acids is 1. The Morgan fingerprint density at radius 2 is 1.83 bits per heavy atom. The van der Waals surface area contributed by atoms with Crippen molar-refractivity contribution in [2.24, 2.45) is 23.7 Å². The Morgan fingerprint density at radius 3 is 2.43 bits per heavy atom. The van der Waals surface area contributed by atoms with Gasteiger partial charge < -0.3 is 15.5 Å². The second-order valence-corrected chi connectivity index (χ2v) is 7.69. The molecular formula is C19H25NO3. The number of carbonyl (C=O) groups is 1. The molecule has 0 aliphatic heterocycles. The number of nitrogens with one attached hydrogen (secondary N) is 1. The van der Waals surface area contributed by atoms with Gasteiger partial charge >= 0.3 is 0 Å². The normalized spacial score (nSPS) is 35.5. The molecule has 23 heavy (non-hydrogen) atoms. The number of benzene rings is 1. The highest BCUT2D eigenvalue weighted by Crippen LogP contribution is 2.48. The van der Waals surface area contributed by atoms with Crippen LogP contribution in [0.15, 0.2) is 24.3 Å². The zero-order valence-corrected chi connectivity index (χ0v) is 13.3. The summed E-state index contributed by atoms with van der Waals surface area (Å²) in [6, 6.07) is 7.94. The van der Waals surface area contributed by atoms with Gasteiger partial charge in [-0.2, -0.15) is 0 Å². The van der Waals surface area contributed by atoms with Crippen LogP contribution in [0.2, 0.25) is 0 Å². The third-order valence-corrected chi connectivity index (χ3v) is 6.02. The largest absolute Gasteiger partial charge is 0.390 e. The van der Waals surface area contributed by atoms with Crippen LogP contribution in [-0.2, 0) is 6.42 Å². The molecule has 0 radical (unpaired) electrons. The van der Waals surface area contributed by atoms with Gasteiger partial charge in [-0.25, -0.2) is 0 Å². The van der Waals surface area contributed by atoms with Crippen LogP contribution >= 0.6 is 0 Å². The number of fused-ring (bicyclic) bond motifs is 2. The quantitative estimate of drug-likeness (QED) is 0.775. The number of hydrogen-bond donors (Lipinski definition) is 3. The summed E-state index contributed by atoms with van der Waals surface area (Å²) in [5.41, 5.74) is 2.02. The number of aliphatic hydroxyl groups excluding tert-OH is 2. The molecule has 3 fully saturated rings. The molecule has 3 saturated carbocycles. The summed E-state index contributed by atoms with van der Waals surface area (Å²) in [6.45, 7) is 0.591. The number of rotatable bonds is 5. The predicted octanol–water partition coefficient (Wildman–Crippen LogP) is 1.75. The van der Waals surface area contributed by atoms with Crippen LogP contribution in [0.3, 0.4) is 0 Å². The smallest absolute Gasteiger partial charge is 0.251 e. The van der Waals surface area contributed by atoms with E-state index in [1.807, 2.05) is 12.1 Å². The van der Waals surface area contributed by atoms with Gasteiger partial charge in [0, 0.05) is 12.1 Å². The lowest BCUT2D eigenvalue weighted by atomic mass is 9.85. The summed E-state index contributed by atoms with van der Waals surface area (Å²) < 4.78 is 0. The fourth-order valence-corrected chi connectivity index (χ4v) is 4.44. The lowest BCUT2D eigenvalue weighted by Crippen LogP contribution is -2.41. The Kier molecular flexibility index (Phi) is 3.90. The second-order valence-electron chi connectivity index (χ2n) is 7.69. The van der Waals surface area contributed by atoms with E-state index in [0.29, 0.717) is 12.1 Å². The highest BCUT2D eigenvalue weighted by molar-refractivity contribution is 5.94. The summed E-state index contributed by atoms with van der Waals surface area (Å²) in [5, 5.41) is 22.8. The van der Waals surface area contributed by atoms with Crippen molar-refractivity contribution in [2.45, 2.75) is 44.3 Å². The Bertz CT molecular complexity index is 579. The topological polar surface area (TPSA) is 69.6 Å². The average molecular weight is 315 g/mol. The van der Waals surface area contributed by atoms with Crippen molar-refractivity contribution in [2.75, 3.05) is 6.54 Å². The van der Waals surface area contributed by atoms with Crippen molar-refractivity contribution in [3.8, 4) is 0 Å². The van der Waals surface area contributed by atoms with Crippen LogP contribution in [-0.4, -0.2) is 34.9 Å². The first-order valence-electron chi connectivity index (χ1n) is 8.85. The van der Waals surface area contributed by atoms with Gasteiger partial charge in [-0.05, 0) is 73.5 Å². The maximum atomic E-state index is 12.3. The first-order chi connectivity index (χ1) is 11.1. The van der Waals surface area contributed by atoms with Crippen molar-refractivity contribution in [3.63, 3.8) is 0 Å². The molecule has 2 bridgehead atoms. The maximum Gasteiger partial charge on any atom is 0.251 e. The van der Waals surface area contributed by atoms with Crippen LogP contribution in [0.5, 0.6) is 0 Å². The summed E-state index contributed by atoms with van der Waals surface area (Å²) >= 11 is 0.